The van der Waals surface area contributed by atoms with Crippen LogP contribution < -0.4 is 5.69 Å². The fourth-order valence-corrected chi connectivity index (χ4v) is 2.32. The van der Waals surface area contributed by atoms with Gasteiger partial charge in [-0.25, -0.2) is 19.7 Å². The van der Waals surface area contributed by atoms with Crippen molar-refractivity contribution in [2.75, 3.05) is 0 Å². The summed E-state index contributed by atoms with van der Waals surface area (Å²) < 4.78 is 0. The van der Waals surface area contributed by atoms with E-state index in [1.807, 2.05) is 30.3 Å². The fraction of sp³-hybridized carbons (Fsp3) is 0.0714. The van der Waals surface area contributed by atoms with Crippen LogP contribution in [0.15, 0.2) is 41.5 Å². The van der Waals surface area contributed by atoms with Crippen molar-refractivity contribution in [3.8, 4) is 11.6 Å². The zero-order valence-electron chi connectivity index (χ0n) is 11.4. The van der Waals surface area contributed by atoms with Crippen LogP contribution in [0, 0.1) is 0 Å². The van der Waals surface area contributed by atoms with E-state index in [0.29, 0.717) is 34.9 Å². The number of hydrogen-bond donors (Lipinski definition) is 3. The predicted molar refractivity (Wildman–Crippen MR) is 79.1 cm³/mol. The predicted octanol–water partition coefficient (Wildman–Crippen LogP) is 1.02. The van der Waals surface area contributed by atoms with Crippen LogP contribution in [-0.2, 0) is 6.42 Å². The Morgan fingerprint density at radius 1 is 1.00 bits per heavy atom. The van der Waals surface area contributed by atoms with Crippen molar-refractivity contribution in [1.29, 1.82) is 0 Å². The van der Waals surface area contributed by atoms with E-state index in [9.17, 15) is 4.79 Å². The molecule has 108 valence electrons. The van der Waals surface area contributed by atoms with Crippen molar-refractivity contribution in [2.24, 2.45) is 0 Å². The normalized spacial score (nSPS) is 11.1. The molecule has 0 radical (unpaired) electrons. The summed E-state index contributed by atoms with van der Waals surface area (Å²) in [4.78, 5) is 29.8. The molecule has 0 unspecified atom stereocenters. The average Bonchev–Trinajstić information content (AvgIpc) is 3.16. The molecule has 4 rings (SSSR count). The van der Waals surface area contributed by atoms with E-state index in [1.165, 1.54) is 6.33 Å². The second-order valence-corrected chi connectivity index (χ2v) is 4.78. The molecule has 3 N–H and O–H groups in total. The minimum absolute atomic E-state index is 0.314. The Hall–Kier alpha value is -3.29. The second-order valence-electron chi connectivity index (χ2n) is 4.78. The Morgan fingerprint density at radius 2 is 1.86 bits per heavy atom. The summed E-state index contributed by atoms with van der Waals surface area (Å²) >= 11 is 0. The van der Waals surface area contributed by atoms with Crippen molar-refractivity contribution in [3.63, 3.8) is 0 Å². The second kappa shape index (κ2) is 4.92. The number of benzene rings is 1. The van der Waals surface area contributed by atoms with Gasteiger partial charge in [-0.05, 0) is 5.56 Å². The van der Waals surface area contributed by atoms with Gasteiger partial charge in [0.2, 0.25) is 11.6 Å². The Labute approximate surface area is 123 Å². The van der Waals surface area contributed by atoms with Crippen molar-refractivity contribution in [3.05, 3.63) is 58.4 Å². The van der Waals surface area contributed by atoms with E-state index in [4.69, 9.17) is 0 Å². The smallest absolute Gasteiger partial charge is 0.303 e. The first-order valence-electron chi connectivity index (χ1n) is 6.68. The number of nitrogens with zero attached hydrogens (tertiary/aromatic N) is 4. The molecule has 3 aromatic heterocycles. The third-order valence-electron chi connectivity index (χ3n) is 3.28. The molecule has 0 fully saturated rings. The number of H-pyrrole nitrogens is 3. The molecule has 0 bridgehead atoms. The van der Waals surface area contributed by atoms with Crippen LogP contribution in [0.1, 0.15) is 11.3 Å². The maximum Gasteiger partial charge on any atom is 0.325 e. The minimum atomic E-state index is -0.314. The number of rotatable bonds is 3. The van der Waals surface area contributed by atoms with Crippen LogP contribution in [0.2, 0.25) is 0 Å². The Morgan fingerprint density at radius 3 is 2.64 bits per heavy atom. The maximum absolute atomic E-state index is 11.6. The number of nitrogens with one attached hydrogen (secondary N) is 3. The minimum Gasteiger partial charge on any atom is -0.303 e. The lowest BCUT2D eigenvalue weighted by atomic mass is 10.1. The van der Waals surface area contributed by atoms with E-state index in [1.54, 1.807) is 0 Å². The van der Waals surface area contributed by atoms with Crippen molar-refractivity contribution in [1.82, 2.24) is 35.1 Å². The van der Waals surface area contributed by atoms with Gasteiger partial charge in [-0.2, -0.15) is 5.10 Å². The molecular formula is C14H11N7O. The Balaban J connectivity index is 1.89. The Bertz CT molecular complexity index is 970. The molecule has 0 aliphatic carbocycles. The van der Waals surface area contributed by atoms with Gasteiger partial charge >= 0.3 is 5.69 Å². The van der Waals surface area contributed by atoms with Gasteiger partial charge in [0.25, 0.3) is 0 Å². The molecule has 0 spiro atoms. The maximum atomic E-state index is 11.6. The van der Waals surface area contributed by atoms with Gasteiger partial charge < -0.3 is 4.98 Å². The first-order chi connectivity index (χ1) is 10.8. The summed E-state index contributed by atoms with van der Waals surface area (Å²) in [5.74, 6) is 0.758. The third-order valence-corrected chi connectivity index (χ3v) is 3.28. The number of imidazole rings is 1. The standard InChI is InChI=1S/C14H11N7O/c22-14-18-10-9(6-8-4-2-1-3-5-8)17-13(19-11(10)20-14)12-15-7-16-21-12/h1-5,7H,6H2,(H,15,16,21)(H2,17,18,19,20,22). The summed E-state index contributed by atoms with van der Waals surface area (Å²) in [5.41, 5.74) is 2.55. The zero-order valence-corrected chi connectivity index (χ0v) is 11.4. The van der Waals surface area contributed by atoms with Crippen LogP contribution in [0.25, 0.3) is 22.8 Å². The third kappa shape index (κ3) is 2.16. The summed E-state index contributed by atoms with van der Waals surface area (Å²) in [6.45, 7) is 0. The number of hydrogen-bond acceptors (Lipinski definition) is 5. The van der Waals surface area contributed by atoms with Crippen molar-refractivity contribution in [2.45, 2.75) is 6.42 Å². The molecular weight excluding hydrogens is 282 g/mol. The topological polar surface area (TPSA) is 116 Å². The van der Waals surface area contributed by atoms with Crippen LogP contribution in [-0.4, -0.2) is 35.1 Å². The average molecular weight is 293 g/mol. The van der Waals surface area contributed by atoms with Crippen LogP contribution in [0.5, 0.6) is 0 Å². The molecule has 1 aromatic carbocycles. The Kier molecular flexibility index (Phi) is 2.78. The molecule has 8 heteroatoms. The summed E-state index contributed by atoms with van der Waals surface area (Å²) in [5, 5.41) is 6.61. The highest BCUT2D eigenvalue weighted by molar-refractivity contribution is 5.75. The van der Waals surface area contributed by atoms with Gasteiger partial charge in [0, 0.05) is 6.42 Å². The molecule has 0 atom stereocenters. The van der Waals surface area contributed by atoms with Gasteiger partial charge in [-0.15, -0.1) is 0 Å². The SMILES string of the molecule is O=c1[nH]c2nc(-c3nc[nH]n3)nc(Cc3ccccc3)c2[nH]1. The van der Waals surface area contributed by atoms with Gasteiger partial charge in [0.05, 0.1) is 5.69 Å². The molecule has 0 aliphatic rings. The van der Waals surface area contributed by atoms with E-state index < -0.39 is 0 Å². The molecule has 0 saturated heterocycles. The van der Waals surface area contributed by atoms with Gasteiger partial charge in [-0.1, -0.05) is 30.3 Å². The highest BCUT2D eigenvalue weighted by Crippen LogP contribution is 2.18. The summed E-state index contributed by atoms with van der Waals surface area (Å²) in [6.07, 6.45) is 2.03. The molecule has 0 amide bonds. The molecule has 22 heavy (non-hydrogen) atoms. The largest absolute Gasteiger partial charge is 0.325 e. The monoisotopic (exact) mass is 293 g/mol. The molecule has 4 aromatic rings. The van der Waals surface area contributed by atoms with Gasteiger partial charge in [0.1, 0.15) is 11.8 Å². The number of fused-ring (bicyclic) bond motifs is 1. The van der Waals surface area contributed by atoms with Crippen LogP contribution >= 0.6 is 0 Å². The highest BCUT2D eigenvalue weighted by Gasteiger charge is 2.14. The number of aromatic nitrogens is 7. The molecule has 8 nitrogen and oxygen atoms in total. The molecule has 0 saturated carbocycles. The zero-order chi connectivity index (χ0) is 14.9. The summed E-state index contributed by atoms with van der Waals surface area (Å²) in [6, 6.07) is 9.89. The molecule has 0 aliphatic heterocycles. The summed E-state index contributed by atoms with van der Waals surface area (Å²) in [7, 11) is 0. The quantitative estimate of drug-likeness (QED) is 0.521. The van der Waals surface area contributed by atoms with Crippen LogP contribution in [0.4, 0.5) is 0 Å². The first-order valence-corrected chi connectivity index (χ1v) is 6.68. The van der Waals surface area contributed by atoms with E-state index in [2.05, 4.69) is 35.1 Å². The lowest BCUT2D eigenvalue weighted by molar-refractivity contribution is 1.02. The van der Waals surface area contributed by atoms with E-state index in [-0.39, 0.29) is 5.69 Å². The lowest BCUT2D eigenvalue weighted by Crippen LogP contribution is -2.01. The van der Waals surface area contributed by atoms with E-state index >= 15 is 0 Å². The molecule has 3 heterocycles. The highest BCUT2D eigenvalue weighted by atomic mass is 16.1. The van der Waals surface area contributed by atoms with Gasteiger partial charge in [0.15, 0.2) is 5.65 Å². The van der Waals surface area contributed by atoms with Crippen molar-refractivity contribution >= 4 is 11.2 Å². The van der Waals surface area contributed by atoms with Crippen molar-refractivity contribution < 1.29 is 0 Å². The van der Waals surface area contributed by atoms with E-state index in [0.717, 1.165) is 5.56 Å². The lowest BCUT2D eigenvalue weighted by Gasteiger charge is -2.04. The fourth-order valence-electron chi connectivity index (χ4n) is 2.32. The number of aromatic amines is 3. The van der Waals surface area contributed by atoms with Gasteiger partial charge in [-0.3, -0.25) is 10.1 Å². The van der Waals surface area contributed by atoms with Crippen LogP contribution in [0.3, 0.4) is 0 Å². The first kappa shape index (κ1) is 12.5.